The van der Waals surface area contributed by atoms with Gasteiger partial charge in [-0.05, 0) is 30.2 Å². The minimum atomic E-state index is 0.187. The van der Waals surface area contributed by atoms with Crippen LogP contribution in [0.25, 0.3) is 10.9 Å². The first-order chi connectivity index (χ1) is 11.2. The lowest BCUT2D eigenvalue weighted by atomic mass is 10.0. The average molecular weight is 304 g/mol. The second-order valence-electron chi connectivity index (χ2n) is 6.41. The maximum Gasteiger partial charge on any atom is 0.194 e. The third kappa shape index (κ3) is 2.68. The molecule has 0 amide bonds. The zero-order valence-electron chi connectivity index (χ0n) is 13.3. The van der Waals surface area contributed by atoms with Gasteiger partial charge in [0, 0.05) is 48.2 Å². The molecule has 0 radical (unpaired) electrons. The molecule has 2 aromatic carbocycles. The van der Waals surface area contributed by atoms with E-state index < -0.39 is 0 Å². The molecule has 0 atom stereocenters. The van der Waals surface area contributed by atoms with E-state index in [9.17, 15) is 4.79 Å². The topological polar surface area (TPSA) is 36.1 Å². The van der Waals surface area contributed by atoms with Crippen molar-refractivity contribution in [3.63, 3.8) is 0 Å². The third-order valence-corrected chi connectivity index (χ3v) is 4.65. The molecule has 0 spiro atoms. The normalized spacial score (nSPS) is 14.8. The van der Waals surface area contributed by atoms with E-state index in [0.717, 1.165) is 48.2 Å². The highest BCUT2D eigenvalue weighted by Crippen LogP contribution is 2.20. The highest BCUT2D eigenvalue weighted by atomic mass is 16.1. The molecule has 3 aromatic rings. The van der Waals surface area contributed by atoms with Crippen LogP contribution in [0.15, 0.2) is 53.3 Å². The second kappa shape index (κ2) is 5.67. The van der Waals surface area contributed by atoms with E-state index in [4.69, 9.17) is 0 Å². The lowest BCUT2D eigenvalue weighted by molar-refractivity contribution is 0.243. The summed E-state index contributed by atoms with van der Waals surface area (Å²) in [5, 5.41) is 0.802. The Kier molecular flexibility index (Phi) is 3.50. The van der Waals surface area contributed by atoms with Crippen molar-refractivity contribution in [1.29, 1.82) is 0 Å². The molecule has 23 heavy (non-hydrogen) atoms. The van der Waals surface area contributed by atoms with Gasteiger partial charge in [-0.3, -0.25) is 9.69 Å². The van der Waals surface area contributed by atoms with Gasteiger partial charge in [-0.15, -0.1) is 0 Å². The Morgan fingerprint density at radius 1 is 1.13 bits per heavy atom. The van der Waals surface area contributed by atoms with E-state index in [1.165, 1.54) is 11.1 Å². The molecule has 1 aromatic heterocycles. The number of benzene rings is 2. The van der Waals surface area contributed by atoms with E-state index >= 15 is 0 Å². The molecule has 2 heterocycles. The first kappa shape index (κ1) is 14.2. The zero-order valence-corrected chi connectivity index (χ0v) is 13.3. The first-order valence-corrected chi connectivity index (χ1v) is 8.11. The van der Waals surface area contributed by atoms with E-state index in [0.29, 0.717) is 0 Å². The summed E-state index contributed by atoms with van der Waals surface area (Å²) in [4.78, 5) is 18.7. The van der Waals surface area contributed by atoms with Crippen molar-refractivity contribution in [2.75, 3.05) is 6.54 Å². The summed E-state index contributed by atoms with van der Waals surface area (Å²) in [6.45, 7) is 4.66. The Morgan fingerprint density at radius 3 is 2.78 bits per heavy atom. The number of fused-ring (bicyclic) bond motifs is 2. The summed E-state index contributed by atoms with van der Waals surface area (Å²) in [5.41, 5.74) is 5.66. The Hall–Kier alpha value is -2.39. The molecule has 0 aliphatic carbocycles. The largest absolute Gasteiger partial charge is 0.358 e. The zero-order chi connectivity index (χ0) is 15.8. The summed E-state index contributed by atoms with van der Waals surface area (Å²) in [6.07, 6.45) is 0.904. The summed E-state index contributed by atoms with van der Waals surface area (Å²) in [5.74, 6) is 0. The Morgan fingerprint density at radius 2 is 1.96 bits per heavy atom. The summed E-state index contributed by atoms with van der Waals surface area (Å²) < 4.78 is 0. The van der Waals surface area contributed by atoms with Gasteiger partial charge < -0.3 is 4.98 Å². The highest BCUT2D eigenvalue weighted by molar-refractivity contribution is 5.80. The molecule has 0 saturated heterocycles. The number of hydrogen-bond donors (Lipinski definition) is 1. The predicted octanol–water partition coefficient (Wildman–Crippen LogP) is 3.39. The molecule has 3 heteroatoms. The SMILES string of the molecule is Cc1ccc2c(=O)c3c([nH]c2c1)CCN(Cc1ccccc1)C3. The molecule has 0 unspecified atom stereocenters. The van der Waals surface area contributed by atoms with Crippen LogP contribution in [0, 0.1) is 6.92 Å². The molecule has 1 aliphatic heterocycles. The van der Waals surface area contributed by atoms with Gasteiger partial charge in [0.15, 0.2) is 5.43 Å². The van der Waals surface area contributed by atoms with Crippen molar-refractivity contribution in [3.05, 3.63) is 81.1 Å². The van der Waals surface area contributed by atoms with Crippen LogP contribution in [-0.2, 0) is 19.5 Å². The molecule has 0 saturated carbocycles. The molecule has 4 rings (SSSR count). The number of aromatic nitrogens is 1. The van der Waals surface area contributed by atoms with Crippen LogP contribution in [0.3, 0.4) is 0 Å². The van der Waals surface area contributed by atoms with Crippen LogP contribution in [-0.4, -0.2) is 16.4 Å². The number of aromatic amines is 1. The van der Waals surface area contributed by atoms with Crippen LogP contribution in [0.5, 0.6) is 0 Å². The highest BCUT2D eigenvalue weighted by Gasteiger charge is 2.20. The fraction of sp³-hybridized carbons (Fsp3) is 0.250. The quantitative estimate of drug-likeness (QED) is 0.788. The van der Waals surface area contributed by atoms with Crippen LogP contribution in [0.1, 0.15) is 22.4 Å². The van der Waals surface area contributed by atoms with E-state index in [1.807, 2.05) is 18.2 Å². The van der Waals surface area contributed by atoms with Gasteiger partial charge in [-0.2, -0.15) is 0 Å². The van der Waals surface area contributed by atoms with E-state index in [2.05, 4.69) is 47.1 Å². The van der Waals surface area contributed by atoms with Gasteiger partial charge in [0.1, 0.15) is 0 Å². The number of hydrogen-bond acceptors (Lipinski definition) is 2. The van der Waals surface area contributed by atoms with Crippen LogP contribution in [0.2, 0.25) is 0 Å². The van der Waals surface area contributed by atoms with Crippen molar-refractivity contribution in [2.45, 2.75) is 26.4 Å². The predicted molar refractivity (Wildman–Crippen MR) is 93.6 cm³/mol. The van der Waals surface area contributed by atoms with Gasteiger partial charge in [-0.1, -0.05) is 36.4 Å². The van der Waals surface area contributed by atoms with Gasteiger partial charge in [0.25, 0.3) is 0 Å². The fourth-order valence-corrected chi connectivity index (χ4v) is 3.43. The van der Waals surface area contributed by atoms with Gasteiger partial charge >= 0.3 is 0 Å². The van der Waals surface area contributed by atoms with Crippen LogP contribution in [0.4, 0.5) is 0 Å². The van der Waals surface area contributed by atoms with Gasteiger partial charge in [0.2, 0.25) is 0 Å². The average Bonchev–Trinajstić information content (AvgIpc) is 2.56. The van der Waals surface area contributed by atoms with Crippen molar-refractivity contribution in [2.24, 2.45) is 0 Å². The summed E-state index contributed by atoms with van der Waals surface area (Å²) in [7, 11) is 0. The number of nitrogens with one attached hydrogen (secondary N) is 1. The van der Waals surface area contributed by atoms with Gasteiger partial charge in [-0.25, -0.2) is 0 Å². The van der Waals surface area contributed by atoms with Crippen LogP contribution < -0.4 is 5.43 Å². The third-order valence-electron chi connectivity index (χ3n) is 4.65. The monoisotopic (exact) mass is 304 g/mol. The maximum atomic E-state index is 12.8. The smallest absolute Gasteiger partial charge is 0.194 e. The van der Waals surface area contributed by atoms with Crippen molar-refractivity contribution >= 4 is 10.9 Å². The number of rotatable bonds is 2. The van der Waals surface area contributed by atoms with Crippen molar-refractivity contribution in [1.82, 2.24) is 9.88 Å². The number of H-pyrrole nitrogens is 1. The molecule has 116 valence electrons. The van der Waals surface area contributed by atoms with Crippen molar-refractivity contribution in [3.8, 4) is 0 Å². The minimum Gasteiger partial charge on any atom is -0.358 e. The molecule has 3 nitrogen and oxygen atoms in total. The Balaban J connectivity index is 1.69. The minimum absolute atomic E-state index is 0.187. The molecular weight excluding hydrogens is 284 g/mol. The number of nitrogens with zero attached hydrogens (tertiary/aromatic N) is 1. The molecule has 0 fully saturated rings. The second-order valence-corrected chi connectivity index (χ2v) is 6.41. The van der Waals surface area contributed by atoms with E-state index in [1.54, 1.807) is 0 Å². The Labute approximate surface area is 135 Å². The number of pyridine rings is 1. The van der Waals surface area contributed by atoms with E-state index in [-0.39, 0.29) is 5.43 Å². The summed E-state index contributed by atoms with van der Waals surface area (Å²) in [6, 6.07) is 16.5. The maximum absolute atomic E-state index is 12.8. The first-order valence-electron chi connectivity index (χ1n) is 8.11. The summed E-state index contributed by atoms with van der Waals surface area (Å²) >= 11 is 0. The Bertz CT molecular complexity index is 912. The lowest BCUT2D eigenvalue weighted by Gasteiger charge is -2.28. The fourth-order valence-electron chi connectivity index (χ4n) is 3.43. The number of aryl methyl sites for hydroxylation is 1. The standard InChI is InChI=1S/C20H20N2O/c1-14-7-8-16-19(11-14)21-18-9-10-22(13-17(18)20(16)23)12-15-5-3-2-4-6-15/h2-8,11H,9-10,12-13H2,1H3,(H,21,23). The molecule has 1 N–H and O–H groups in total. The molecular formula is C20H20N2O. The molecule has 0 bridgehead atoms. The molecule has 1 aliphatic rings. The van der Waals surface area contributed by atoms with Crippen LogP contribution >= 0.6 is 0 Å². The van der Waals surface area contributed by atoms with Crippen molar-refractivity contribution < 1.29 is 0 Å². The van der Waals surface area contributed by atoms with Gasteiger partial charge in [0.05, 0.1) is 0 Å². The lowest BCUT2D eigenvalue weighted by Crippen LogP contribution is -2.34.